The van der Waals surface area contributed by atoms with Crippen LogP contribution in [0.2, 0.25) is 0 Å². The minimum absolute atomic E-state index is 0.122. The molecule has 0 saturated carbocycles. The molecule has 3 amide bonds. The number of carbonyl (C=O) groups is 2. The van der Waals surface area contributed by atoms with Crippen LogP contribution < -0.4 is 15.0 Å². The van der Waals surface area contributed by atoms with Crippen LogP contribution in [0.3, 0.4) is 0 Å². The third kappa shape index (κ3) is 5.10. The molecule has 31 heavy (non-hydrogen) atoms. The second-order valence-corrected chi connectivity index (χ2v) is 8.09. The largest absolute Gasteiger partial charge is 0.497 e. The van der Waals surface area contributed by atoms with E-state index in [1.54, 1.807) is 12.0 Å². The fraction of sp³-hybridized carbons (Fsp3) is 0.417. The van der Waals surface area contributed by atoms with Gasteiger partial charge in [-0.2, -0.15) is 0 Å². The molecular weight excluding hydrogens is 392 g/mol. The van der Waals surface area contributed by atoms with Gasteiger partial charge in [0, 0.05) is 50.6 Å². The van der Waals surface area contributed by atoms with Crippen molar-refractivity contribution < 1.29 is 14.3 Å². The highest BCUT2D eigenvalue weighted by Crippen LogP contribution is 2.23. The zero-order valence-electron chi connectivity index (χ0n) is 18.0. The van der Waals surface area contributed by atoms with E-state index < -0.39 is 0 Å². The number of nitrogens with zero attached hydrogens (tertiary/aromatic N) is 3. The number of carbonyl (C=O) groups excluding carboxylic acids is 2. The number of hydrogen-bond donors (Lipinski definition) is 1. The first-order valence-electron chi connectivity index (χ1n) is 10.9. The van der Waals surface area contributed by atoms with Crippen LogP contribution >= 0.6 is 0 Å². The van der Waals surface area contributed by atoms with E-state index in [-0.39, 0.29) is 17.9 Å². The lowest BCUT2D eigenvalue weighted by molar-refractivity contribution is -0.137. The highest BCUT2D eigenvalue weighted by Gasteiger charge is 2.32. The van der Waals surface area contributed by atoms with Crippen LogP contribution in [-0.2, 0) is 4.79 Å². The van der Waals surface area contributed by atoms with Crippen molar-refractivity contribution in [2.24, 2.45) is 5.92 Å². The number of methoxy groups -OCH3 is 1. The number of anilines is 2. The van der Waals surface area contributed by atoms with Gasteiger partial charge in [0.05, 0.1) is 13.0 Å². The number of ether oxygens (including phenoxy) is 1. The molecule has 7 nitrogen and oxygen atoms in total. The number of amides is 3. The van der Waals surface area contributed by atoms with E-state index >= 15 is 0 Å². The van der Waals surface area contributed by atoms with Gasteiger partial charge < -0.3 is 24.8 Å². The minimum Gasteiger partial charge on any atom is -0.497 e. The molecule has 0 spiro atoms. The molecule has 2 aromatic rings. The van der Waals surface area contributed by atoms with E-state index in [4.69, 9.17) is 4.74 Å². The van der Waals surface area contributed by atoms with E-state index in [0.717, 1.165) is 43.1 Å². The van der Waals surface area contributed by atoms with Crippen LogP contribution in [0.15, 0.2) is 54.6 Å². The standard InChI is InChI=1S/C24H30N4O3/c1-31-22-11-9-21(10-12-22)26-14-16-27(17-15-26)23(29)19-6-5-13-28(18-19)24(30)25-20-7-3-2-4-8-20/h2-4,7-12,19H,5-6,13-18H2,1H3,(H,25,30)/t19-/m0/s1. The maximum absolute atomic E-state index is 13.1. The Morgan fingerprint density at radius 3 is 2.29 bits per heavy atom. The first kappa shape index (κ1) is 21.0. The Balaban J connectivity index is 1.29. The Morgan fingerprint density at radius 2 is 1.61 bits per heavy atom. The second-order valence-electron chi connectivity index (χ2n) is 8.09. The molecule has 2 fully saturated rings. The Bertz CT molecular complexity index is 879. The van der Waals surface area contributed by atoms with Gasteiger partial charge in [0.25, 0.3) is 0 Å². The number of rotatable bonds is 4. The van der Waals surface area contributed by atoms with Crippen molar-refractivity contribution >= 4 is 23.3 Å². The van der Waals surface area contributed by atoms with Gasteiger partial charge in [-0.1, -0.05) is 18.2 Å². The first-order valence-corrected chi connectivity index (χ1v) is 10.9. The molecule has 1 atom stereocenters. The van der Waals surface area contributed by atoms with Crippen LogP contribution in [0.5, 0.6) is 5.75 Å². The summed E-state index contributed by atoms with van der Waals surface area (Å²) < 4.78 is 5.23. The van der Waals surface area contributed by atoms with Crippen LogP contribution in [0, 0.1) is 5.92 Å². The summed E-state index contributed by atoms with van der Waals surface area (Å²) >= 11 is 0. The van der Waals surface area contributed by atoms with Crippen molar-refractivity contribution in [1.29, 1.82) is 0 Å². The van der Waals surface area contributed by atoms with Crippen molar-refractivity contribution in [2.45, 2.75) is 12.8 Å². The third-order valence-corrected chi connectivity index (χ3v) is 6.11. The quantitative estimate of drug-likeness (QED) is 0.821. The number of urea groups is 1. The Kier molecular flexibility index (Phi) is 6.60. The summed E-state index contributed by atoms with van der Waals surface area (Å²) in [5, 5.41) is 2.93. The minimum atomic E-state index is -0.131. The molecular formula is C24H30N4O3. The van der Waals surface area contributed by atoms with E-state index in [1.165, 1.54) is 0 Å². The molecule has 7 heteroatoms. The molecule has 4 rings (SSSR count). The first-order chi connectivity index (χ1) is 15.1. The zero-order chi connectivity index (χ0) is 21.6. The van der Waals surface area contributed by atoms with Gasteiger partial charge in [0.15, 0.2) is 0 Å². The van der Waals surface area contributed by atoms with Crippen LogP contribution in [-0.4, -0.2) is 68.1 Å². The molecule has 1 N–H and O–H groups in total. The number of para-hydroxylation sites is 1. The predicted octanol–water partition coefficient (Wildman–Crippen LogP) is 3.29. The van der Waals surface area contributed by atoms with E-state index in [9.17, 15) is 9.59 Å². The van der Waals surface area contributed by atoms with Gasteiger partial charge in [-0.3, -0.25) is 4.79 Å². The molecule has 2 saturated heterocycles. The molecule has 0 bridgehead atoms. The van der Waals surface area contributed by atoms with Crippen molar-refractivity contribution in [3.8, 4) is 5.75 Å². The fourth-order valence-corrected chi connectivity index (χ4v) is 4.32. The Labute approximate surface area is 183 Å². The van der Waals surface area contributed by atoms with Gasteiger partial charge in [0.2, 0.25) is 5.91 Å². The average Bonchev–Trinajstić information content (AvgIpc) is 2.84. The van der Waals surface area contributed by atoms with Gasteiger partial charge in [-0.05, 0) is 49.2 Å². The topological polar surface area (TPSA) is 65.1 Å². The molecule has 2 aromatic carbocycles. The van der Waals surface area contributed by atoms with Crippen molar-refractivity contribution in [1.82, 2.24) is 9.80 Å². The summed E-state index contributed by atoms with van der Waals surface area (Å²) in [5.74, 6) is 0.894. The van der Waals surface area contributed by atoms with E-state index in [1.807, 2.05) is 47.4 Å². The normalized spacial score (nSPS) is 19.1. The maximum atomic E-state index is 13.1. The average molecular weight is 423 g/mol. The number of benzene rings is 2. The second kappa shape index (κ2) is 9.73. The predicted molar refractivity (Wildman–Crippen MR) is 122 cm³/mol. The summed E-state index contributed by atoms with van der Waals surface area (Å²) in [4.78, 5) is 31.8. The lowest BCUT2D eigenvalue weighted by Crippen LogP contribution is -2.53. The SMILES string of the molecule is COc1ccc(N2CCN(C(=O)[C@H]3CCCN(C(=O)Nc4ccccc4)C3)CC2)cc1. The highest BCUT2D eigenvalue weighted by atomic mass is 16.5. The molecule has 2 heterocycles. The summed E-state index contributed by atoms with van der Waals surface area (Å²) in [6.07, 6.45) is 1.69. The smallest absolute Gasteiger partial charge is 0.321 e. The maximum Gasteiger partial charge on any atom is 0.321 e. The number of piperidine rings is 1. The van der Waals surface area contributed by atoms with Gasteiger partial charge >= 0.3 is 6.03 Å². The molecule has 0 radical (unpaired) electrons. The van der Waals surface area contributed by atoms with E-state index in [0.29, 0.717) is 26.2 Å². The van der Waals surface area contributed by atoms with Crippen molar-refractivity contribution in [3.63, 3.8) is 0 Å². The van der Waals surface area contributed by atoms with Gasteiger partial charge in [-0.15, -0.1) is 0 Å². The zero-order valence-corrected chi connectivity index (χ0v) is 18.0. The number of piperazine rings is 1. The monoisotopic (exact) mass is 422 g/mol. The molecule has 164 valence electrons. The van der Waals surface area contributed by atoms with Crippen molar-refractivity contribution in [2.75, 3.05) is 56.6 Å². The number of hydrogen-bond acceptors (Lipinski definition) is 4. The number of likely N-dealkylation sites (tertiary alicyclic amines) is 1. The summed E-state index contributed by atoms with van der Waals surface area (Å²) in [6, 6.07) is 17.3. The summed E-state index contributed by atoms with van der Waals surface area (Å²) in [7, 11) is 1.66. The highest BCUT2D eigenvalue weighted by molar-refractivity contribution is 5.90. The van der Waals surface area contributed by atoms with E-state index in [2.05, 4.69) is 22.3 Å². The van der Waals surface area contributed by atoms with Crippen LogP contribution in [0.4, 0.5) is 16.2 Å². The van der Waals surface area contributed by atoms with Crippen molar-refractivity contribution in [3.05, 3.63) is 54.6 Å². The Hall–Kier alpha value is -3.22. The van der Waals surface area contributed by atoms with Crippen LogP contribution in [0.25, 0.3) is 0 Å². The fourth-order valence-electron chi connectivity index (χ4n) is 4.32. The molecule has 0 aromatic heterocycles. The lowest BCUT2D eigenvalue weighted by Gasteiger charge is -2.39. The molecule has 0 unspecified atom stereocenters. The Morgan fingerprint density at radius 1 is 0.903 bits per heavy atom. The van der Waals surface area contributed by atoms with Gasteiger partial charge in [-0.25, -0.2) is 4.79 Å². The molecule has 2 aliphatic rings. The van der Waals surface area contributed by atoms with Crippen LogP contribution in [0.1, 0.15) is 12.8 Å². The summed E-state index contributed by atoms with van der Waals surface area (Å²) in [5.41, 5.74) is 1.92. The summed E-state index contributed by atoms with van der Waals surface area (Å²) in [6.45, 7) is 4.20. The lowest BCUT2D eigenvalue weighted by atomic mass is 9.96. The molecule has 2 aliphatic heterocycles. The number of nitrogens with one attached hydrogen (secondary N) is 1. The van der Waals surface area contributed by atoms with Gasteiger partial charge in [0.1, 0.15) is 5.75 Å². The third-order valence-electron chi connectivity index (χ3n) is 6.11. The molecule has 0 aliphatic carbocycles.